The first-order valence-electron chi connectivity index (χ1n) is 5.95. The zero-order chi connectivity index (χ0) is 13.5. The molecule has 0 heterocycles. The molecule has 18 heavy (non-hydrogen) atoms. The Morgan fingerprint density at radius 2 is 2.06 bits per heavy atom. The molecule has 100 valence electrons. The van der Waals surface area contributed by atoms with Crippen LogP contribution in [0.3, 0.4) is 0 Å². The Hall–Kier alpha value is -1.55. The number of nitrogens with zero attached hydrogens (tertiary/aromatic N) is 1. The SMILES string of the molecule is COC(=O)CCN(C)Cc1cc(C)ccc1OC. The van der Waals surface area contributed by atoms with Crippen molar-refractivity contribution in [1.29, 1.82) is 0 Å². The van der Waals surface area contributed by atoms with E-state index in [4.69, 9.17) is 4.74 Å². The van der Waals surface area contributed by atoms with Crippen molar-refractivity contribution in [2.75, 3.05) is 27.8 Å². The van der Waals surface area contributed by atoms with Gasteiger partial charge in [-0.1, -0.05) is 17.7 Å². The molecule has 4 heteroatoms. The van der Waals surface area contributed by atoms with Gasteiger partial charge in [-0.25, -0.2) is 0 Å². The first-order chi connectivity index (χ1) is 8.56. The maximum atomic E-state index is 11.1. The first kappa shape index (κ1) is 14.5. The molecule has 1 aromatic rings. The second kappa shape index (κ2) is 7.01. The van der Waals surface area contributed by atoms with Crippen molar-refractivity contribution in [3.8, 4) is 5.75 Å². The van der Waals surface area contributed by atoms with Gasteiger partial charge in [0.15, 0.2) is 0 Å². The molecule has 0 atom stereocenters. The van der Waals surface area contributed by atoms with Crippen LogP contribution in [-0.4, -0.2) is 38.7 Å². The molecular formula is C14H21NO3. The largest absolute Gasteiger partial charge is 0.496 e. The molecule has 0 aliphatic carbocycles. The standard InChI is InChI=1S/C14H21NO3/c1-11-5-6-13(17-3)12(9-11)10-15(2)8-7-14(16)18-4/h5-6,9H,7-8,10H2,1-4H3. The van der Waals surface area contributed by atoms with E-state index in [-0.39, 0.29) is 5.97 Å². The van der Waals surface area contributed by atoms with Crippen molar-refractivity contribution >= 4 is 5.97 Å². The molecule has 0 unspecified atom stereocenters. The predicted molar refractivity (Wildman–Crippen MR) is 70.7 cm³/mol. The minimum Gasteiger partial charge on any atom is -0.496 e. The Balaban J connectivity index is 2.60. The van der Waals surface area contributed by atoms with Crippen molar-refractivity contribution in [2.45, 2.75) is 19.9 Å². The molecule has 0 aromatic heterocycles. The third kappa shape index (κ3) is 4.37. The number of rotatable bonds is 6. The predicted octanol–water partition coefficient (Wildman–Crippen LogP) is 2.00. The summed E-state index contributed by atoms with van der Waals surface area (Å²) < 4.78 is 9.95. The molecule has 0 radical (unpaired) electrons. The normalized spacial score (nSPS) is 10.5. The third-order valence-corrected chi connectivity index (χ3v) is 2.80. The van der Waals surface area contributed by atoms with Crippen LogP contribution in [0.15, 0.2) is 18.2 Å². The highest BCUT2D eigenvalue weighted by Crippen LogP contribution is 2.20. The van der Waals surface area contributed by atoms with Crippen LogP contribution in [0.4, 0.5) is 0 Å². The van der Waals surface area contributed by atoms with Crippen molar-refractivity contribution in [3.05, 3.63) is 29.3 Å². The van der Waals surface area contributed by atoms with Crippen LogP contribution in [0.1, 0.15) is 17.5 Å². The van der Waals surface area contributed by atoms with Crippen LogP contribution in [0.5, 0.6) is 5.75 Å². The Morgan fingerprint density at radius 1 is 1.33 bits per heavy atom. The summed E-state index contributed by atoms with van der Waals surface area (Å²) in [5.74, 6) is 0.698. The van der Waals surface area contributed by atoms with Crippen LogP contribution in [0.2, 0.25) is 0 Å². The van der Waals surface area contributed by atoms with Crippen molar-refractivity contribution in [3.63, 3.8) is 0 Å². The Kier molecular flexibility index (Phi) is 5.65. The number of esters is 1. The molecule has 0 amide bonds. The summed E-state index contributed by atoms with van der Waals surface area (Å²) in [6, 6.07) is 6.10. The van der Waals surface area contributed by atoms with Gasteiger partial charge in [-0.3, -0.25) is 4.79 Å². The number of hydrogen-bond donors (Lipinski definition) is 0. The van der Waals surface area contributed by atoms with Gasteiger partial charge in [0.2, 0.25) is 0 Å². The Bertz CT molecular complexity index is 404. The highest BCUT2D eigenvalue weighted by atomic mass is 16.5. The molecule has 0 aliphatic heterocycles. The molecule has 0 saturated carbocycles. The Labute approximate surface area is 108 Å². The quantitative estimate of drug-likeness (QED) is 0.725. The topological polar surface area (TPSA) is 38.8 Å². The number of methoxy groups -OCH3 is 2. The fraction of sp³-hybridized carbons (Fsp3) is 0.500. The molecule has 0 fully saturated rings. The number of carbonyl (C=O) groups excluding carboxylic acids is 1. The van der Waals surface area contributed by atoms with Crippen LogP contribution in [0, 0.1) is 6.92 Å². The van der Waals surface area contributed by atoms with Crippen molar-refractivity contribution in [2.24, 2.45) is 0 Å². The number of ether oxygens (including phenoxy) is 2. The van der Waals surface area contributed by atoms with Gasteiger partial charge < -0.3 is 14.4 Å². The monoisotopic (exact) mass is 251 g/mol. The number of hydrogen-bond acceptors (Lipinski definition) is 4. The van der Waals surface area contributed by atoms with Gasteiger partial charge in [0.1, 0.15) is 5.75 Å². The molecule has 1 rings (SSSR count). The van der Waals surface area contributed by atoms with Crippen molar-refractivity contribution in [1.82, 2.24) is 4.90 Å². The second-order valence-electron chi connectivity index (χ2n) is 4.38. The molecule has 1 aromatic carbocycles. The number of aryl methyl sites for hydroxylation is 1. The van der Waals surface area contributed by atoms with Gasteiger partial charge in [0, 0.05) is 18.7 Å². The number of benzene rings is 1. The lowest BCUT2D eigenvalue weighted by Crippen LogP contribution is -2.22. The van der Waals surface area contributed by atoms with E-state index < -0.39 is 0 Å². The first-order valence-corrected chi connectivity index (χ1v) is 5.95. The molecule has 0 aliphatic rings. The van der Waals surface area contributed by atoms with Gasteiger partial charge in [0.25, 0.3) is 0 Å². The highest BCUT2D eigenvalue weighted by molar-refractivity contribution is 5.69. The lowest BCUT2D eigenvalue weighted by Gasteiger charge is -2.18. The zero-order valence-corrected chi connectivity index (χ0v) is 11.5. The van der Waals surface area contributed by atoms with E-state index in [0.717, 1.165) is 17.9 Å². The summed E-state index contributed by atoms with van der Waals surface area (Å²) in [5.41, 5.74) is 2.33. The fourth-order valence-electron chi connectivity index (χ4n) is 1.78. The van der Waals surface area contributed by atoms with Gasteiger partial charge >= 0.3 is 5.97 Å². The second-order valence-corrected chi connectivity index (χ2v) is 4.38. The van der Waals surface area contributed by atoms with Crippen LogP contribution >= 0.6 is 0 Å². The van der Waals surface area contributed by atoms with Gasteiger partial charge in [-0.15, -0.1) is 0 Å². The summed E-state index contributed by atoms with van der Waals surface area (Å²) in [6.07, 6.45) is 0.404. The third-order valence-electron chi connectivity index (χ3n) is 2.80. The molecule has 0 bridgehead atoms. The van der Waals surface area contributed by atoms with E-state index in [9.17, 15) is 4.79 Å². The van der Waals surface area contributed by atoms with E-state index in [1.165, 1.54) is 12.7 Å². The molecule has 0 N–H and O–H groups in total. The summed E-state index contributed by atoms with van der Waals surface area (Å²) in [5, 5.41) is 0. The van der Waals surface area contributed by atoms with Gasteiger partial charge in [-0.2, -0.15) is 0 Å². The summed E-state index contributed by atoms with van der Waals surface area (Å²) >= 11 is 0. The molecule has 0 spiro atoms. The summed E-state index contributed by atoms with van der Waals surface area (Å²) in [6.45, 7) is 3.48. The fourth-order valence-corrected chi connectivity index (χ4v) is 1.78. The van der Waals surface area contributed by atoms with E-state index in [2.05, 4.69) is 22.6 Å². The Morgan fingerprint density at radius 3 is 2.67 bits per heavy atom. The average molecular weight is 251 g/mol. The lowest BCUT2D eigenvalue weighted by atomic mass is 10.1. The number of carbonyl (C=O) groups is 1. The van der Waals surface area contributed by atoms with E-state index in [0.29, 0.717) is 13.0 Å². The molecule has 4 nitrogen and oxygen atoms in total. The molecule has 0 saturated heterocycles. The smallest absolute Gasteiger partial charge is 0.306 e. The van der Waals surface area contributed by atoms with Crippen LogP contribution < -0.4 is 4.74 Å². The maximum Gasteiger partial charge on any atom is 0.306 e. The minimum absolute atomic E-state index is 0.182. The minimum atomic E-state index is -0.182. The maximum absolute atomic E-state index is 11.1. The van der Waals surface area contributed by atoms with Gasteiger partial charge in [0.05, 0.1) is 20.6 Å². The summed E-state index contributed by atoms with van der Waals surface area (Å²) in [7, 11) is 5.05. The van der Waals surface area contributed by atoms with E-state index in [1.807, 2.05) is 19.2 Å². The van der Waals surface area contributed by atoms with E-state index in [1.54, 1.807) is 7.11 Å². The molecular weight excluding hydrogens is 230 g/mol. The van der Waals surface area contributed by atoms with E-state index >= 15 is 0 Å². The van der Waals surface area contributed by atoms with Crippen LogP contribution in [0.25, 0.3) is 0 Å². The zero-order valence-electron chi connectivity index (χ0n) is 11.5. The average Bonchev–Trinajstić information content (AvgIpc) is 2.36. The highest BCUT2D eigenvalue weighted by Gasteiger charge is 2.08. The van der Waals surface area contributed by atoms with Gasteiger partial charge in [-0.05, 0) is 20.0 Å². The van der Waals surface area contributed by atoms with Crippen LogP contribution in [-0.2, 0) is 16.1 Å². The lowest BCUT2D eigenvalue weighted by molar-refractivity contribution is -0.140. The summed E-state index contributed by atoms with van der Waals surface area (Å²) in [4.78, 5) is 13.1. The van der Waals surface area contributed by atoms with Crippen molar-refractivity contribution < 1.29 is 14.3 Å².